The molecule has 8 nitrogen and oxygen atoms in total. The lowest BCUT2D eigenvalue weighted by Crippen LogP contribution is -2.25. The zero-order chi connectivity index (χ0) is 27.7. The second-order valence-corrected chi connectivity index (χ2v) is 11.0. The van der Waals surface area contributed by atoms with Crippen molar-refractivity contribution in [1.29, 1.82) is 0 Å². The molecule has 0 spiro atoms. The Morgan fingerprint density at radius 2 is 1.66 bits per heavy atom. The Labute approximate surface area is 224 Å². The van der Waals surface area contributed by atoms with Gasteiger partial charge in [0.2, 0.25) is 0 Å². The molecule has 0 amide bonds. The maximum atomic E-state index is 14.2. The molecule has 4 aromatic rings. The van der Waals surface area contributed by atoms with Crippen molar-refractivity contribution < 1.29 is 32.7 Å². The second kappa shape index (κ2) is 10.8. The number of esters is 1. The van der Waals surface area contributed by atoms with Crippen molar-refractivity contribution >= 4 is 29.5 Å². The van der Waals surface area contributed by atoms with E-state index in [4.69, 9.17) is 14.5 Å². The van der Waals surface area contributed by atoms with Crippen molar-refractivity contribution in [3.05, 3.63) is 116 Å². The Balaban J connectivity index is 1.74. The van der Waals surface area contributed by atoms with Crippen molar-refractivity contribution in [2.24, 2.45) is 0 Å². The molecule has 2 N–H and O–H groups in total. The molecule has 1 heterocycles. The van der Waals surface area contributed by atoms with Crippen LogP contribution >= 0.6 is 23.5 Å². The van der Waals surface area contributed by atoms with Crippen molar-refractivity contribution in [2.75, 3.05) is 7.11 Å². The minimum absolute atomic E-state index is 0.00816. The van der Waals surface area contributed by atoms with E-state index in [2.05, 4.69) is 15.9 Å². The summed E-state index contributed by atoms with van der Waals surface area (Å²) in [6, 6.07) is 19.4. The lowest BCUT2D eigenvalue weighted by atomic mass is 10.1. The number of hydrogen-bond donors (Lipinski definition) is 2. The number of hydrogen-bond acceptors (Lipinski definition) is 4. The van der Waals surface area contributed by atoms with E-state index in [0.29, 0.717) is 22.4 Å². The molecule has 0 radical (unpaired) electrons. The Morgan fingerprint density at radius 3 is 2.24 bits per heavy atom. The van der Waals surface area contributed by atoms with Gasteiger partial charge in [-0.15, -0.1) is 0 Å². The normalized spacial score (nSPS) is 11.9. The molecule has 1 aromatic heterocycles. The number of alkyl halides is 2. The summed E-state index contributed by atoms with van der Waals surface area (Å²) in [6.07, 6.45) is 1.63. The van der Waals surface area contributed by atoms with Crippen LogP contribution in [0.25, 0.3) is 11.3 Å². The first-order chi connectivity index (χ1) is 17.9. The molecule has 38 heavy (non-hydrogen) atoms. The van der Waals surface area contributed by atoms with E-state index in [1.54, 1.807) is 35.0 Å². The van der Waals surface area contributed by atoms with Gasteiger partial charge < -0.3 is 14.5 Å². The molecule has 12 heteroatoms. The van der Waals surface area contributed by atoms with Gasteiger partial charge in [0.1, 0.15) is 0 Å². The smallest absolute Gasteiger partial charge is 0.399 e. The minimum Gasteiger partial charge on any atom is -0.465 e. The van der Waals surface area contributed by atoms with Gasteiger partial charge in [0.25, 0.3) is 0 Å². The van der Waals surface area contributed by atoms with E-state index < -0.39 is 24.8 Å². The fraction of sp³-hybridized carbons (Fsp3) is 0.154. The predicted octanol–water partition coefficient (Wildman–Crippen LogP) is 5.19. The fourth-order valence-corrected chi connectivity index (χ4v) is 5.28. The second-order valence-electron chi connectivity index (χ2n) is 8.46. The van der Waals surface area contributed by atoms with E-state index in [1.165, 1.54) is 23.8 Å². The molecular weight excluding hydrogens is 585 g/mol. The zero-order valence-corrected chi connectivity index (χ0v) is 22.4. The molecule has 0 fully saturated rings. The third kappa shape index (κ3) is 5.56. The summed E-state index contributed by atoms with van der Waals surface area (Å²) < 4.78 is 47.2. The number of benzene rings is 3. The van der Waals surface area contributed by atoms with Crippen molar-refractivity contribution in [2.45, 2.75) is 18.8 Å². The number of carbonyl (C=O) groups excluding carboxylic acids is 1. The SMILES string of the molecule is COC(=O)c1ccc(-c2cn(Cc3ccc(C(F)(F)P(=O)(O)O)c(Br)c3)c(=O)n2Cc2ccccc2)cc1. The molecule has 0 bridgehead atoms. The van der Waals surface area contributed by atoms with Gasteiger partial charge in [-0.25, -0.2) is 9.59 Å². The van der Waals surface area contributed by atoms with Gasteiger partial charge in [0, 0.05) is 16.2 Å². The highest BCUT2D eigenvalue weighted by molar-refractivity contribution is 9.10. The zero-order valence-electron chi connectivity index (χ0n) is 19.9. The summed E-state index contributed by atoms with van der Waals surface area (Å²) in [5.41, 5.74) is -2.66. The minimum atomic E-state index is -5.74. The first kappa shape index (κ1) is 27.7. The van der Waals surface area contributed by atoms with Gasteiger partial charge in [-0.05, 0) is 34.9 Å². The van der Waals surface area contributed by atoms with E-state index in [1.807, 2.05) is 30.3 Å². The van der Waals surface area contributed by atoms with Crippen LogP contribution in [0.4, 0.5) is 8.78 Å². The maximum Gasteiger partial charge on any atom is 0.399 e. The summed E-state index contributed by atoms with van der Waals surface area (Å²) in [7, 11) is -4.46. The van der Waals surface area contributed by atoms with Crippen molar-refractivity contribution in [3.8, 4) is 11.3 Å². The van der Waals surface area contributed by atoms with Crippen LogP contribution in [0.5, 0.6) is 0 Å². The van der Waals surface area contributed by atoms with Gasteiger partial charge in [-0.1, -0.05) is 70.5 Å². The number of carbonyl (C=O) groups is 1. The van der Waals surface area contributed by atoms with Crippen molar-refractivity contribution in [3.63, 3.8) is 0 Å². The van der Waals surface area contributed by atoms with Crippen LogP contribution in [0, 0.1) is 0 Å². The topological polar surface area (TPSA) is 111 Å². The summed E-state index contributed by atoms with van der Waals surface area (Å²) in [5, 5.41) is 0. The van der Waals surface area contributed by atoms with Gasteiger partial charge in [-0.3, -0.25) is 13.7 Å². The third-order valence-corrected chi connectivity index (χ3v) is 7.54. The number of nitrogens with zero attached hydrogens (tertiary/aromatic N) is 2. The van der Waals surface area contributed by atoms with Crippen LogP contribution in [-0.2, 0) is 28.1 Å². The summed E-state index contributed by atoms with van der Waals surface area (Å²) >= 11 is 2.98. The van der Waals surface area contributed by atoms with Crippen LogP contribution in [-0.4, -0.2) is 32.0 Å². The van der Waals surface area contributed by atoms with Gasteiger partial charge >= 0.3 is 24.9 Å². The van der Waals surface area contributed by atoms with Crippen LogP contribution in [0.1, 0.15) is 27.0 Å². The highest BCUT2D eigenvalue weighted by Crippen LogP contribution is 2.60. The average Bonchev–Trinajstić information content (AvgIpc) is 3.18. The highest BCUT2D eigenvalue weighted by atomic mass is 79.9. The Bertz CT molecular complexity index is 1580. The van der Waals surface area contributed by atoms with Crippen LogP contribution in [0.2, 0.25) is 0 Å². The first-order valence-corrected chi connectivity index (χ1v) is 13.6. The molecular formula is C26H22BrF2N2O6P. The third-order valence-electron chi connectivity index (χ3n) is 5.91. The molecule has 0 atom stereocenters. The lowest BCUT2D eigenvalue weighted by molar-refractivity contribution is 0.0557. The molecule has 0 aliphatic rings. The van der Waals surface area contributed by atoms with Crippen LogP contribution in [0.15, 0.2) is 88.3 Å². The van der Waals surface area contributed by atoms with Gasteiger partial charge in [-0.2, -0.15) is 8.78 Å². The molecule has 0 aliphatic carbocycles. The van der Waals surface area contributed by atoms with Gasteiger partial charge in [0.05, 0.1) is 31.5 Å². The molecule has 4 rings (SSSR count). The molecule has 0 aliphatic heterocycles. The maximum absolute atomic E-state index is 14.2. The monoisotopic (exact) mass is 606 g/mol. The van der Waals surface area contributed by atoms with E-state index in [0.717, 1.165) is 11.6 Å². The van der Waals surface area contributed by atoms with E-state index >= 15 is 0 Å². The Kier molecular flexibility index (Phi) is 7.85. The van der Waals surface area contributed by atoms with Crippen LogP contribution in [0.3, 0.4) is 0 Å². The quantitative estimate of drug-likeness (QED) is 0.211. The number of aromatic nitrogens is 2. The predicted molar refractivity (Wildman–Crippen MR) is 140 cm³/mol. The van der Waals surface area contributed by atoms with Crippen LogP contribution < -0.4 is 5.69 Å². The molecule has 0 saturated heterocycles. The standard InChI is InChI=1S/C26H22BrF2N2O6P/c1-37-24(32)20-10-8-19(9-11-20)23-16-30(25(33)31(23)15-17-5-3-2-4-6-17)14-18-7-12-21(22(27)13-18)26(28,29)38(34,35)36/h2-13,16H,14-15H2,1H3,(H2,34,35,36). The van der Waals surface area contributed by atoms with Crippen molar-refractivity contribution in [1.82, 2.24) is 9.13 Å². The molecule has 3 aromatic carbocycles. The number of ether oxygens (including phenoxy) is 1. The molecule has 0 saturated carbocycles. The first-order valence-electron chi connectivity index (χ1n) is 11.2. The average molecular weight is 607 g/mol. The number of halogens is 3. The largest absolute Gasteiger partial charge is 0.465 e. The van der Waals surface area contributed by atoms with Gasteiger partial charge in [0.15, 0.2) is 0 Å². The summed E-state index contributed by atoms with van der Waals surface area (Å²) in [4.78, 5) is 43.4. The molecule has 0 unspecified atom stereocenters. The molecule has 198 valence electrons. The Hall–Kier alpha value is -3.37. The fourth-order valence-electron chi connectivity index (χ4n) is 3.94. The van der Waals surface area contributed by atoms with E-state index in [9.17, 15) is 22.9 Å². The number of methoxy groups -OCH3 is 1. The summed E-state index contributed by atoms with van der Waals surface area (Å²) in [6.45, 7) is 0.270. The lowest BCUT2D eigenvalue weighted by Gasteiger charge is -2.19. The highest BCUT2D eigenvalue weighted by Gasteiger charge is 2.51. The van der Waals surface area contributed by atoms with E-state index in [-0.39, 0.29) is 23.3 Å². The number of imidazole rings is 1. The number of rotatable bonds is 8. The Morgan fingerprint density at radius 1 is 1.00 bits per heavy atom. The summed E-state index contributed by atoms with van der Waals surface area (Å²) in [5.74, 6) is -0.492.